The highest BCUT2D eigenvalue weighted by atomic mass is 31.2. The molecule has 0 aliphatic rings. The number of carbonyl (C=O) groups is 2. The zero-order chi connectivity index (χ0) is 38.2. The number of unbranched alkanes of at least 4 members (excludes halogenated alkanes) is 20. The topological polar surface area (TPSA) is 134 Å². The Morgan fingerprint density at radius 1 is 0.577 bits per heavy atom. The molecule has 0 amide bonds. The van der Waals surface area contributed by atoms with Gasteiger partial charge in [0.05, 0.1) is 13.2 Å². The van der Waals surface area contributed by atoms with Gasteiger partial charge in [-0.25, -0.2) is 4.57 Å². The highest BCUT2D eigenvalue weighted by molar-refractivity contribution is 7.47. The highest BCUT2D eigenvalue weighted by Gasteiger charge is 2.25. The monoisotopic (exact) mass is 756 g/mol. The van der Waals surface area contributed by atoms with E-state index in [1.165, 1.54) is 103 Å². The van der Waals surface area contributed by atoms with Gasteiger partial charge in [0.2, 0.25) is 0 Å². The molecule has 0 aromatic heterocycles. The Bertz CT molecular complexity index is 954. The third-order valence-electron chi connectivity index (χ3n) is 8.78. The fourth-order valence-electron chi connectivity index (χ4n) is 5.64. The van der Waals surface area contributed by atoms with Crippen LogP contribution < -0.4 is 5.73 Å². The second-order valence-electron chi connectivity index (χ2n) is 13.9. The van der Waals surface area contributed by atoms with Crippen molar-refractivity contribution >= 4 is 19.8 Å². The lowest BCUT2D eigenvalue weighted by Gasteiger charge is -2.19. The van der Waals surface area contributed by atoms with Crippen LogP contribution in [0, 0.1) is 0 Å². The van der Waals surface area contributed by atoms with Crippen LogP contribution in [0.2, 0.25) is 0 Å². The van der Waals surface area contributed by atoms with E-state index in [0.717, 1.165) is 51.4 Å². The maximum absolute atomic E-state index is 12.5. The van der Waals surface area contributed by atoms with Crippen molar-refractivity contribution in [3.63, 3.8) is 0 Å². The van der Waals surface area contributed by atoms with E-state index in [4.69, 9.17) is 24.3 Å². The minimum absolute atomic E-state index is 0.0477. The van der Waals surface area contributed by atoms with Gasteiger partial charge in [-0.2, -0.15) is 0 Å². The normalized spacial score (nSPS) is 13.7. The Morgan fingerprint density at radius 3 is 1.52 bits per heavy atom. The molecule has 0 rings (SSSR count). The van der Waals surface area contributed by atoms with Gasteiger partial charge in [0, 0.05) is 19.4 Å². The van der Waals surface area contributed by atoms with Crippen LogP contribution in [0.1, 0.15) is 187 Å². The van der Waals surface area contributed by atoms with Gasteiger partial charge in [-0.3, -0.25) is 18.6 Å². The standard InChI is InChI=1S/C42H78NO8P/c1-3-5-7-9-11-13-15-17-19-21-22-24-26-28-30-32-34-41(44)48-38-40(39-50-52(46,47)49-37-36-43)51-42(45)35-33-31-29-27-25-23-20-18-16-14-12-10-8-6-4-2/h12,14,18,20,25,27,40H,3-11,13,15-17,19,21-24,26,28-39,43H2,1-2H3,(H,46,47)/b14-12+,20-18+,27-25+/t40-/m1/s1. The van der Waals surface area contributed by atoms with Crippen LogP contribution in [0.4, 0.5) is 0 Å². The first-order chi connectivity index (χ1) is 25.3. The Hall–Kier alpha value is -1.77. The maximum Gasteiger partial charge on any atom is 0.472 e. The van der Waals surface area contributed by atoms with E-state index in [2.05, 4.69) is 50.3 Å². The second-order valence-corrected chi connectivity index (χ2v) is 15.3. The lowest BCUT2D eigenvalue weighted by atomic mass is 10.0. The number of phosphoric ester groups is 1. The first-order valence-corrected chi connectivity index (χ1v) is 22.5. The van der Waals surface area contributed by atoms with Crippen molar-refractivity contribution < 1.29 is 37.6 Å². The average molecular weight is 756 g/mol. The number of carbonyl (C=O) groups excluding carboxylic acids is 2. The van der Waals surface area contributed by atoms with Crippen LogP contribution in [0.3, 0.4) is 0 Å². The van der Waals surface area contributed by atoms with E-state index >= 15 is 0 Å². The van der Waals surface area contributed by atoms with E-state index < -0.39 is 32.5 Å². The molecule has 10 heteroatoms. The van der Waals surface area contributed by atoms with Gasteiger partial charge in [-0.05, 0) is 51.4 Å². The Kier molecular flexibility index (Phi) is 37.6. The zero-order valence-corrected chi connectivity index (χ0v) is 34.2. The molecule has 0 saturated carbocycles. The Morgan fingerprint density at radius 2 is 1.00 bits per heavy atom. The minimum atomic E-state index is -4.38. The van der Waals surface area contributed by atoms with Gasteiger partial charge in [0.15, 0.2) is 6.10 Å². The van der Waals surface area contributed by atoms with E-state index in [1.54, 1.807) is 0 Å². The molecule has 0 aliphatic heterocycles. The van der Waals surface area contributed by atoms with Gasteiger partial charge in [-0.1, -0.05) is 159 Å². The molecule has 304 valence electrons. The summed E-state index contributed by atoms with van der Waals surface area (Å²) in [6.45, 7) is 3.66. The molecule has 0 aromatic rings. The first-order valence-electron chi connectivity index (χ1n) is 21.0. The molecule has 2 atom stereocenters. The predicted molar refractivity (Wildman–Crippen MR) is 215 cm³/mol. The average Bonchev–Trinajstić information content (AvgIpc) is 3.13. The number of allylic oxidation sites excluding steroid dienone is 6. The van der Waals surface area contributed by atoms with Crippen molar-refractivity contribution in [2.45, 2.75) is 193 Å². The number of phosphoric acid groups is 1. The maximum atomic E-state index is 12.5. The summed E-state index contributed by atoms with van der Waals surface area (Å²) in [6, 6.07) is 0. The molecule has 0 saturated heterocycles. The van der Waals surface area contributed by atoms with Crippen molar-refractivity contribution in [3.8, 4) is 0 Å². The summed E-state index contributed by atoms with van der Waals surface area (Å²) in [4.78, 5) is 34.8. The second kappa shape index (κ2) is 38.9. The van der Waals surface area contributed by atoms with E-state index in [9.17, 15) is 19.0 Å². The van der Waals surface area contributed by atoms with Crippen molar-refractivity contribution in [1.29, 1.82) is 0 Å². The van der Waals surface area contributed by atoms with Crippen molar-refractivity contribution in [2.75, 3.05) is 26.4 Å². The van der Waals surface area contributed by atoms with Crippen LogP contribution in [0.5, 0.6) is 0 Å². The first kappa shape index (κ1) is 50.2. The van der Waals surface area contributed by atoms with Gasteiger partial charge >= 0.3 is 19.8 Å². The third kappa shape index (κ3) is 38.0. The predicted octanol–water partition coefficient (Wildman–Crippen LogP) is 11.8. The van der Waals surface area contributed by atoms with Gasteiger partial charge in [-0.15, -0.1) is 0 Å². The molecule has 1 unspecified atom stereocenters. The SMILES string of the molecule is CCCCC/C=C/C/C=C/C/C=C/CCCCC(=O)O[C@H](COC(=O)CCCCCCCCCCCCCCCCCC)COP(=O)(O)OCCN. The summed E-state index contributed by atoms with van der Waals surface area (Å²) < 4.78 is 32.7. The quantitative estimate of drug-likeness (QED) is 0.0272. The number of ether oxygens (including phenoxy) is 2. The van der Waals surface area contributed by atoms with E-state index in [0.29, 0.717) is 6.42 Å². The molecule has 0 aromatic carbocycles. The highest BCUT2D eigenvalue weighted by Crippen LogP contribution is 2.43. The summed E-state index contributed by atoms with van der Waals surface area (Å²) >= 11 is 0. The Labute approximate surface area is 318 Å². The molecule has 0 fully saturated rings. The largest absolute Gasteiger partial charge is 0.472 e. The molecular weight excluding hydrogens is 677 g/mol. The summed E-state index contributed by atoms with van der Waals surface area (Å²) in [5.41, 5.74) is 5.34. The summed E-state index contributed by atoms with van der Waals surface area (Å²) in [6.07, 6.45) is 41.7. The van der Waals surface area contributed by atoms with Crippen LogP contribution in [0.15, 0.2) is 36.5 Å². The molecule has 0 aliphatic carbocycles. The molecule has 0 spiro atoms. The summed E-state index contributed by atoms with van der Waals surface area (Å²) in [5.74, 6) is -0.869. The van der Waals surface area contributed by atoms with Crippen molar-refractivity contribution in [2.24, 2.45) is 5.73 Å². The molecule has 0 radical (unpaired) electrons. The van der Waals surface area contributed by atoms with Gasteiger partial charge < -0.3 is 20.1 Å². The van der Waals surface area contributed by atoms with Crippen LogP contribution in [-0.4, -0.2) is 49.3 Å². The zero-order valence-electron chi connectivity index (χ0n) is 33.3. The van der Waals surface area contributed by atoms with Crippen LogP contribution >= 0.6 is 7.82 Å². The number of hydrogen-bond acceptors (Lipinski definition) is 8. The smallest absolute Gasteiger partial charge is 0.462 e. The van der Waals surface area contributed by atoms with Crippen molar-refractivity contribution in [1.82, 2.24) is 0 Å². The van der Waals surface area contributed by atoms with E-state index in [1.807, 2.05) is 0 Å². The van der Waals surface area contributed by atoms with E-state index in [-0.39, 0.29) is 32.6 Å². The fourth-order valence-corrected chi connectivity index (χ4v) is 6.41. The van der Waals surface area contributed by atoms with Gasteiger partial charge in [0.25, 0.3) is 0 Å². The summed E-state index contributed by atoms with van der Waals surface area (Å²) in [5, 5.41) is 0. The van der Waals surface area contributed by atoms with Gasteiger partial charge in [0.1, 0.15) is 6.61 Å². The number of nitrogens with two attached hydrogens (primary N) is 1. The Balaban J connectivity index is 4.22. The van der Waals surface area contributed by atoms with Crippen LogP contribution in [0.25, 0.3) is 0 Å². The fraction of sp³-hybridized carbons (Fsp3) is 0.810. The molecule has 52 heavy (non-hydrogen) atoms. The lowest BCUT2D eigenvalue weighted by Crippen LogP contribution is -2.29. The van der Waals surface area contributed by atoms with Crippen LogP contribution in [-0.2, 0) is 32.7 Å². The molecule has 0 bridgehead atoms. The minimum Gasteiger partial charge on any atom is -0.462 e. The molecule has 3 N–H and O–H groups in total. The number of rotatable bonds is 39. The molecular formula is C42H78NO8P. The molecule has 0 heterocycles. The van der Waals surface area contributed by atoms with Crippen molar-refractivity contribution in [3.05, 3.63) is 36.5 Å². The summed E-state index contributed by atoms with van der Waals surface area (Å²) in [7, 11) is -4.38. The number of esters is 2. The number of hydrogen-bond donors (Lipinski definition) is 2. The molecule has 9 nitrogen and oxygen atoms in total. The third-order valence-corrected chi connectivity index (χ3v) is 9.76. The lowest BCUT2D eigenvalue weighted by molar-refractivity contribution is -0.161.